The number of carbonyl (C=O) groups is 1. The van der Waals surface area contributed by atoms with Crippen molar-refractivity contribution >= 4 is 17.3 Å². The van der Waals surface area contributed by atoms with Crippen molar-refractivity contribution in [3.05, 3.63) is 47.0 Å². The van der Waals surface area contributed by atoms with Crippen molar-refractivity contribution in [1.82, 2.24) is 0 Å². The molecular formula is C18H18N2O3. The van der Waals surface area contributed by atoms with Crippen LogP contribution < -0.4 is 20.5 Å². The van der Waals surface area contributed by atoms with Gasteiger partial charge in [-0.25, -0.2) is 0 Å². The molecule has 1 amide bonds. The Balaban J connectivity index is 1.58. The molecule has 1 heterocycles. The van der Waals surface area contributed by atoms with Gasteiger partial charge in [-0.2, -0.15) is 0 Å². The third-order valence-electron chi connectivity index (χ3n) is 4.40. The molecule has 0 unspecified atom stereocenters. The maximum absolute atomic E-state index is 12.5. The lowest BCUT2D eigenvalue weighted by Crippen LogP contribution is -2.14. The second-order valence-corrected chi connectivity index (χ2v) is 5.94. The van der Waals surface area contributed by atoms with Crippen LogP contribution in [0, 0.1) is 0 Å². The Kier molecular flexibility index (Phi) is 3.33. The number of amides is 1. The quantitative estimate of drug-likeness (QED) is 0.836. The first kappa shape index (κ1) is 13.9. The number of nitrogens with one attached hydrogen (secondary N) is 1. The molecule has 118 valence electrons. The summed E-state index contributed by atoms with van der Waals surface area (Å²) in [6.45, 7) is 0.178. The van der Waals surface area contributed by atoms with Gasteiger partial charge in [-0.1, -0.05) is 6.07 Å². The number of ether oxygens (including phenoxy) is 2. The monoisotopic (exact) mass is 310 g/mol. The molecule has 1 aliphatic heterocycles. The van der Waals surface area contributed by atoms with E-state index in [1.54, 1.807) is 12.1 Å². The van der Waals surface area contributed by atoms with Crippen LogP contribution in [0.2, 0.25) is 0 Å². The van der Waals surface area contributed by atoms with Crippen molar-refractivity contribution in [2.75, 3.05) is 17.8 Å². The first-order chi connectivity index (χ1) is 11.2. The minimum atomic E-state index is -0.163. The van der Waals surface area contributed by atoms with E-state index in [0.29, 0.717) is 28.4 Å². The Morgan fingerprint density at radius 1 is 1.00 bits per heavy atom. The summed E-state index contributed by atoms with van der Waals surface area (Å²) in [5.41, 5.74) is 10.3. The van der Waals surface area contributed by atoms with Gasteiger partial charge in [0.25, 0.3) is 5.91 Å². The minimum absolute atomic E-state index is 0.163. The van der Waals surface area contributed by atoms with E-state index in [9.17, 15) is 4.79 Å². The predicted octanol–water partition coefficient (Wildman–Crippen LogP) is 3.13. The highest BCUT2D eigenvalue weighted by Crippen LogP contribution is 2.38. The minimum Gasteiger partial charge on any atom is -0.454 e. The molecule has 3 N–H and O–H groups in total. The van der Waals surface area contributed by atoms with Crippen molar-refractivity contribution in [3.63, 3.8) is 0 Å². The highest BCUT2D eigenvalue weighted by molar-refractivity contribution is 6.06. The topological polar surface area (TPSA) is 73.6 Å². The second kappa shape index (κ2) is 5.50. The molecular weight excluding hydrogens is 292 g/mol. The largest absolute Gasteiger partial charge is 0.454 e. The Bertz CT molecular complexity index is 786. The van der Waals surface area contributed by atoms with E-state index in [1.807, 2.05) is 12.1 Å². The van der Waals surface area contributed by atoms with E-state index in [-0.39, 0.29) is 12.7 Å². The molecule has 2 aromatic carbocycles. The number of benzene rings is 2. The molecule has 0 saturated heterocycles. The zero-order valence-corrected chi connectivity index (χ0v) is 12.7. The Hall–Kier alpha value is -2.69. The van der Waals surface area contributed by atoms with Crippen LogP contribution in [0.25, 0.3) is 0 Å². The summed E-state index contributed by atoms with van der Waals surface area (Å²) in [5.74, 6) is 1.04. The number of rotatable bonds is 2. The number of nitrogen functional groups attached to an aromatic ring is 1. The number of hydrogen-bond acceptors (Lipinski definition) is 4. The summed E-state index contributed by atoms with van der Waals surface area (Å²) in [6, 6.07) is 9.31. The zero-order chi connectivity index (χ0) is 15.8. The van der Waals surface area contributed by atoms with Gasteiger partial charge in [0.15, 0.2) is 11.5 Å². The van der Waals surface area contributed by atoms with Crippen molar-refractivity contribution in [2.45, 2.75) is 25.7 Å². The van der Waals surface area contributed by atoms with Gasteiger partial charge in [-0.15, -0.1) is 0 Å². The Morgan fingerprint density at radius 3 is 2.57 bits per heavy atom. The van der Waals surface area contributed by atoms with Crippen molar-refractivity contribution in [1.29, 1.82) is 0 Å². The molecule has 23 heavy (non-hydrogen) atoms. The average molecular weight is 310 g/mol. The first-order valence-corrected chi connectivity index (χ1v) is 7.83. The van der Waals surface area contributed by atoms with Gasteiger partial charge in [-0.3, -0.25) is 4.79 Å². The van der Waals surface area contributed by atoms with Crippen LogP contribution in [-0.4, -0.2) is 12.7 Å². The molecule has 2 aromatic rings. The number of carbonyl (C=O) groups excluding carboxylic acids is 1. The van der Waals surface area contributed by atoms with Crippen LogP contribution >= 0.6 is 0 Å². The normalized spacial score (nSPS) is 15.1. The van der Waals surface area contributed by atoms with Crippen molar-refractivity contribution in [3.8, 4) is 11.5 Å². The SMILES string of the molecule is Nc1cc2c(cc1NC(=O)c1ccc3c(c1)CCCC3)OCO2. The maximum atomic E-state index is 12.5. The van der Waals surface area contributed by atoms with E-state index in [1.165, 1.54) is 24.0 Å². The van der Waals surface area contributed by atoms with Gasteiger partial charge in [0.05, 0.1) is 11.4 Å². The highest BCUT2D eigenvalue weighted by Gasteiger charge is 2.18. The molecule has 5 heteroatoms. The van der Waals surface area contributed by atoms with Gasteiger partial charge in [0.2, 0.25) is 6.79 Å². The van der Waals surface area contributed by atoms with E-state index in [0.717, 1.165) is 12.8 Å². The van der Waals surface area contributed by atoms with Crippen LogP contribution in [0.1, 0.15) is 34.3 Å². The van der Waals surface area contributed by atoms with Crippen LogP contribution in [-0.2, 0) is 12.8 Å². The highest BCUT2D eigenvalue weighted by atomic mass is 16.7. The lowest BCUT2D eigenvalue weighted by molar-refractivity contribution is 0.102. The molecule has 0 spiro atoms. The number of fused-ring (bicyclic) bond motifs is 2. The lowest BCUT2D eigenvalue weighted by Gasteiger charge is -2.16. The molecule has 0 radical (unpaired) electrons. The summed E-state index contributed by atoms with van der Waals surface area (Å²) in [7, 11) is 0. The lowest BCUT2D eigenvalue weighted by atomic mass is 9.90. The van der Waals surface area contributed by atoms with Gasteiger partial charge in [0.1, 0.15) is 0 Å². The van der Waals surface area contributed by atoms with Gasteiger partial charge in [-0.05, 0) is 48.9 Å². The van der Waals surface area contributed by atoms with E-state index in [4.69, 9.17) is 15.2 Å². The van der Waals surface area contributed by atoms with Crippen LogP contribution in [0.4, 0.5) is 11.4 Å². The molecule has 0 bridgehead atoms. The fourth-order valence-corrected chi connectivity index (χ4v) is 3.14. The number of nitrogens with two attached hydrogens (primary N) is 1. The fraction of sp³-hybridized carbons (Fsp3) is 0.278. The molecule has 0 saturated carbocycles. The maximum Gasteiger partial charge on any atom is 0.255 e. The second-order valence-electron chi connectivity index (χ2n) is 5.94. The third kappa shape index (κ3) is 2.59. The summed E-state index contributed by atoms with van der Waals surface area (Å²) >= 11 is 0. The summed E-state index contributed by atoms with van der Waals surface area (Å²) in [6.07, 6.45) is 4.56. The van der Waals surface area contributed by atoms with Crippen molar-refractivity contribution < 1.29 is 14.3 Å². The fourth-order valence-electron chi connectivity index (χ4n) is 3.14. The molecule has 5 nitrogen and oxygen atoms in total. The van der Waals surface area contributed by atoms with Crippen molar-refractivity contribution in [2.24, 2.45) is 0 Å². The molecule has 0 atom stereocenters. The molecule has 1 aliphatic carbocycles. The van der Waals surface area contributed by atoms with E-state index < -0.39 is 0 Å². The molecule has 0 fully saturated rings. The van der Waals surface area contributed by atoms with Crippen LogP contribution in [0.15, 0.2) is 30.3 Å². The van der Waals surface area contributed by atoms with Crippen LogP contribution in [0.3, 0.4) is 0 Å². The summed E-state index contributed by atoms with van der Waals surface area (Å²) < 4.78 is 10.6. The van der Waals surface area contributed by atoms with Crippen LogP contribution in [0.5, 0.6) is 11.5 Å². The third-order valence-corrected chi connectivity index (χ3v) is 4.40. The smallest absolute Gasteiger partial charge is 0.255 e. The molecule has 0 aromatic heterocycles. The van der Waals surface area contributed by atoms with Gasteiger partial charge in [0, 0.05) is 17.7 Å². The summed E-state index contributed by atoms with van der Waals surface area (Å²) in [4.78, 5) is 12.5. The summed E-state index contributed by atoms with van der Waals surface area (Å²) in [5, 5.41) is 2.86. The van der Waals surface area contributed by atoms with Gasteiger partial charge >= 0.3 is 0 Å². The molecule has 4 rings (SSSR count). The number of hydrogen-bond donors (Lipinski definition) is 2. The van der Waals surface area contributed by atoms with Gasteiger partial charge < -0.3 is 20.5 Å². The van der Waals surface area contributed by atoms with E-state index in [2.05, 4.69) is 11.4 Å². The number of anilines is 2. The first-order valence-electron chi connectivity index (χ1n) is 7.83. The van der Waals surface area contributed by atoms with E-state index >= 15 is 0 Å². The standard InChI is InChI=1S/C18H18N2O3/c19-14-8-16-17(23-10-22-16)9-15(14)20-18(21)13-6-5-11-3-1-2-4-12(11)7-13/h5-9H,1-4,10,19H2,(H,20,21). The predicted molar refractivity (Wildman–Crippen MR) is 88.0 cm³/mol. The number of aryl methyl sites for hydroxylation is 2. The Labute approximate surface area is 134 Å². The molecule has 2 aliphatic rings. The average Bonchev–Trinajstić information content (AvgIpc) is 3.01. The Morgan fingerprint density at radius 2 is 1.74 bits per heavy atom. The zero-order valence-electron chi connectivity index (χ0n) is 12.7.